The van der Waals surface area contributed by atoms with Gasteiger partial charge >= 0.3 is 0 Å². The van der Waals surface area contributed by atoms with Crippen LogP contribution in [0.25, 0.3) is 0 Å². The molecule has 2 heterocycles. The van der Waals surface area contributed by atoms with E-state index in [2.05, 4.69) is 27.1 Å². The van der Waals surface area contributed by atoms with Gasteiger partial charge in [0, 0.05) is 26.0 Å². The van der Waals surface area contributed by atoms with Crippen LogP contribution in [0.4, 0.5) is 5.95 Å². The first-order valence-electron chi connectivity index (χ1n) is 5.45. The molecule has 1 unspecified atom stereocenters. The van der Waals surface area contributed by atoms with Gasteiger partial charge in [-0.15, -0.1) is 16.8 Å². The van der Waals surface area contributed by atoms with E-state index in [-0.39, 0.29) is 6.04 Å². The summed E-state index contributed by atoms with van der Waals surface area (Å²) in [6.45, 7) is 6.47. The molecule has 0 spiro atoms. The maximum Gasteiger partial charge on any atom is 0.203 e. The van der Waals surface area contributed by atoms with E-state index in [0.29, 0.717) is 0 Å². The van der Waals surface area contributed by atoms with Crippen LogP contribution in [0.2, 0.25) is 0 Å². The van der Waals surface area contributed by atoms with E-state index < -0.39 is 0 Å². The first kappa shape index (κ1) is 11.4. The lowest BCUT2D eigenvalue weighted by Gasteiger charge is -2.14. The van der Waals surface area contributed by atoms with Crippen molar-refractivity contribution < 1.29 is 0 Å². The summed E-state index contributed by atoms with van der Waals surface area (Å²) in [4.78, 5) is 4.26. The molecule has 2 aromatic rings. The van der Waals surface area contributed by atoms with E-state index in [9.17, 15) is 0 Å². The van der Waals surface area contributed by atoms with Crippen LogP contribution in [0.15, 0.2) is 31.4 Å². The summed E-state index contributed by atoms with van der Waals surface area (Å²) in [5.41, 5.74) is 0. The van der Waals surface area contributed by atoms with Crippen LogP contribution < -0.4 is 5.32 Å². The van der Waals surface area contributed by atoms with Crippen molar-refractivity contribution in [3.63, 3.8) is 0 Å². The Kier molecular flexibility index (Phi) is 3.22. The minimum atomic E-state index is 0.0495. The summed E-state index contributed by atoms with van der Waals surface area (Å²) in [6.07, 6.45) is 7.19. The Morgan fingerprint density at radius 2 is 2.41 bits per heavy atom. The minimum absolute atomic E-state index is 0.0495. The Morgan fingerprint density at radius 3 is 3.06 bits per heavy atom. The molecule has 0 aliphatic rings. The number of nitrogens with zero attached hydrogens (tertiary/aromatic N) is 5. The van der Waals surface area contributed by atoms with E-state index in [1.807, 2.05) is 35.4 Å². The van der Waals surface area contributed by atoms with Crippen LogP contribution in [0.3, 0.4) is 0 Å². The lowest BCUT2D eigenvalue weighted by atomic mass is 10.3. The highest BCUT2D eigenvalue weighted by Crippen LogP contribution is 2.15. The molecular weight excluding hydrogens is 216 g/mol. The summed E-state index contributed by atoms with van der Waals surface area (Å²) in [5.74, 6) is 1.68. The van der Waals surface area contributed by atoms with Crippen molar-refractivity contribution in [2.45, 2.75) is 19.5 Å². The molecule has 0 bridgehead atoms. The number of imidazole rings is 1. The quantitative estimate of drug-likeness (QED) is 0.791. The third kappa shape index (κ3) is 2.35. The summed E-state index contributed by atoms with van der Waals surface area (Å²) < 4.78 is 3.87. The fourth-order valence-electron chi connectivity index (χ4n) is 1.68. The van der Waals surface area contributed by atoms with E-state index in [0.717, 1.165) is 18.3 Å². The van der Waals surface area contributed by atoms with E-state index in [1.54, 1.807) is 12.5 Å². The van der Waals surface area contributed by atoms with Gasteiger partial charge in [-0.1, -0.05) is 6.08 Å². The highest BCUT2D eigenvalue weighted by Gasteiger charge is 2.13. The second kappa shape index (κ2) is 4.82. The molecule has 0 saturated heterocycles. The zero-order valence-corrected chi connectivity index (χ0v) is 10.0. The zero-order chi connectivity index (χ0) is 12.3. The lowest BCUT2D eigenvalue weighted by Crippen LogP contribution is -2.15. The van der Waals surface area contributed by atoms with Gasteiger partial charge < -0.3 is 14.5 Å². The first-order chi connectivity index (χ1) is 8.22. The zero-order valence-electron chi connectivity index (χ0n) is 10.0. The van der Waals surface area contributed by atoms with Crippen LogP contribution in [0.1, 0.15) is 18.8 Å². The van der Waals surface area contributed by atoms with Gasteiger partial charge in [0.15, 0.2) is 5.82 Å². The molecule has 1 atom stereocenters. The average Bonchev–Trinajstić information content (AvgIpc) is 2.89. The number of aryl methyl sites for hydroxylation is 1. The highest BCUT2D eigenvalue weighted by molar-refractivity contribution is 5.29. The Balaban J connectivity index is 2.13. The topological polar surface area (TPSA) is 60.6 Å². The molecule has 0 aromatic carbocycles. The van der Waals surface area contributed by atoms with Gasteiger partial charge in [0.2, 0.25) is 5.95 Å². The number of nitrogens with one attached hydrogen (secondary N) is 1. The van der Waals surface area contributed by atoms with Gasteiger partial charge in [0.05, 0.1) is 6.04 Å². The van der Waals surface area contributed by atoms with Crippen LogP contribution >= 0.6 is 0 Å². The van der Waals surface area contributed by atoms with Crippen molar-refractivity contribution in [1.29, 1.82) is 0 Å². The van der Waals surface area contributed by atoms with Gasteiger partial charge in [-0.3, -0.25) is 0 Å². The third-order valence-electron chi connectivity index (χ3n) is 2.52. The molecule has 0 aliphatic heterocycles. The van der Waals surface area contributed by atoms with Crippen molar-refractivity contribution in [3.05, 3.63) is 37.2 Å². The molecule has 2 aromatic heterocycles. The average molecular weight is 232 g/mol. The van der Waals surface area contributed by atoms with Gasteiger partial charge in [0.25, 0.3) is 0 Å². The number of allylic oxidation sites excluding steroid dienone is 1. The van der Waals surface area contributed by atoms with Crippen LogP contribution in [0.5, 0.6) is 0 Å². The molecule has 1 N–H and O–H groups in total. The normalized spacial score (nSPS) is 12.4. The molecule has 0 radical (unpaired) electrons. The van der Waals surface area contributed by atoms with Gasteiger partial charge in [-0.25, -0.2) is 4.98 Å². The molecular formula is C11H16N6. The minimum Gasteiger partial charge on any atom is -0.346 e. The third-order valence-corrected chi connectivity index (χ3v) is 2.52. The summed E-state index contributed by atoms with van der Waals surface area (Å²) >= 11 is 0. The Labute approximate surface area is 100 Å². The summed E-state index contributed by atoms with van der Waals surface area (Å²) in [5, 5.41) is 11.2. The molecule has 6 heteroatoms. The van der Waals surface area contributed by atoms with Crippen molar-refractivity contribution in [3.8, 4) is 0 Å². The van der Waals surface area contributed by atoms with Crippen LogP contribution in [-0.4, -0.2) is 24.3 Å². The van der Waals surface area contributed by atoms with Gasteiger partial charge in [0.1, 0.15) is 6.33 Å². The van der Waals surface area contributed by atoms with Crippen LogP contribution in [0, 0.1) is 0 Å². The number of anilines is 1. The van der Waals surface area contributed by atoms with Gasteiger partial charge in [-0.05, 0) is 6.92 Å². The largest absolute Gasteiger partial charge is 0.346 e. The SMILES string of the molecule is C=CCn1ccnc1NC(C)c1nncn1C. The summed E-state index contributed by atoms with van der Waals surface area (Å²) in [7, 11) is 1.92. The molecule has 0 saturated carbocycles. The second-order valence-corrected chi connectivity index (χ2v) is 3.86. The molecule has 0 aliphatic carbocycles. The Bertz CT molecular complexity index is 498. The molecule has 0 amide bonds. The fourth-order valence-corrected chi connectivity index (χ4v) is 1.68. The van der Waals surface area contributed by atoms with Crippen molar-refractivity contribution in [2.75, 3.05) is 5.32 Å². The van der Waals surface area contributed by atoms with Crippen molar-refractivity contribution in [2.24, 2.45) is 7.05 Å². The monoisotopic (exact) mass is 232 g/mol. The van der Waals surface area contributed by atoms with Crippen molar-refractivity contribution >= 4 is 5.95 Å². The predicted octanol–water partition coefficient (Wildman–Crippen LogP) is 1.37. The van der Waals surface area contributed by atoms with Gasteiger partial charge in [-0.2, -0.15) is 0 Å². The Hall–Kier alpha value is -2.11. The molecule has 0 fully saturated rings. The molecule has 17 heavy (non-hydrogen) atoms. The number of aromatic nitrogens is 5. The number of hydrogen-bond donors (Lipinski definition) is 1. The Morgan fingerprint density at radius 1 is 1.59 bits per heavy atom. The van der Waals surface area contributed by atoms with E-state index >= 15 is 0 Å². The highest BCUT2D eigenvalue weighted by atomic mass is 15.3. The maximum atomic E-state index is 4.26. The van der Waals surface area contributed by atoms with E-state index in [1.165, 1.54) is 0 Å². The first-order valence-corrected chi connectivity index (χ1v) is 5.45. The molecule has 2 rings (SSSR count). The van der Waals surface area contributed by atoms with Crippen LogP contribution in [-0.2, 0) is 13.6 Å². The number of hydrogen-bond acceptors (Lipinski definition) is 4. The van der Waals surface area contributed by atoms with E-state index in [4.69, 9.17) is 0 Å². The summed E-state index contributed by atoms with van der Waals surface area (Å²) in [6, 6.07) is 0.0495. The lowest BCUT2D eigenvalue weighted by molar-refractivity contribution is 0.700. The predicted molar refractivity (Wildman–Crippen MR) is 65.5 cm³/mol. The number of rotatable bonds is 5. The fraction of sp³-hybridized carbons (Fsp3) is 0.364. The maximum absolute atomic E-state index is 4.26. The molecule has 6 nitrogen and oxygen atoms in total. The molecule has 90 valence electrons. The second-order valence-electron chi connectivity index (χ2n) is 3.86. The van der Waals surface area contributed by atoms with Crippen molar-refractivity contribution in [1.82, 2.24) is 24.3 Å². The standard InChI is InChI=1S/C11H16N6/c1-4-6-17-7-5-12-11(17)14-9(2)10-15-13-8-16(10)3/h4-5,7-9H,1,6H2,2-3H3,(H,12,14). The smallest absolute Gasteiger partial charge is 0.203 e.